The van der Waals surface area contributed by atoms with Gasteiger partial charge in [-0.1, -0.05) is 12.1 Å². The first-order chi connectivity index (χ1) is 15.4. The van der Waals surface area contributed by atoms with Gasteiger partial charge in [-0.3, -0.25) is 14.2 Å². The normalized spacial score (nSPS) is 15.0. The molecule has 1 saturated heterocycles. The van der Waals surface area contributed by atoms with Gasteiger partial charge in [0.25, 0.3) is 11.5 Å². The monoisotopic (exact) mass is 461 g/mol. The molecule has 1 amide bonds. The van der Waals surface area contributed by atoms with Gasteiger partial charge in [0.2, 0.25) is 0 Å². The van der Waals surface area contributed by atoms with Crippen LogP contribution in [0.3, 0.4) is 0 Å². The minimum atomic E-state index is -3.00. The molecule has 168 valence electrons. The Hall–Kier alpha value is -3.45. The van der Waals surface area contributed by atoms with E-state index >= 15 is 0 Å². The fourth-order valence-electron chi connectivity index (χ4n) is 3.38. The molecule has 10 heteroatoms. The highest BCUT2D eigenvalue weighted by Gasteiger charge is 2.24. The molecule has 0 saturated carbocycles. The number of carbonyl (C=O) groups is 1. The second-order valence-corrected chi connectivity index (χ2v) is 7.93. The number of thiazole rings is 1. The summed E-state index contributed by atoms with van der Waals surface area (Å²) in [6.07, 6.45) is 4.80. The molecular weight excluding hydrogens is 440 g/mol. The molecule has 1 aliphatic rings. The highest BCUT2D eigenvalue weighted by molar-refractivity contribution is 7.07. The van der Waals surface area contributed by atoms with Gasteiger partial charge in [0.15, 0.2) is 17.1 Å². The average Bonchev–Trinajstić information content (AvgIpc) is 3.40. The highest BCUT2D eigenvalue weighted by atomic mass is 32.1. The number of hydrogen-bond donors (Lipinski definition) is 0. The largest absolute Gasteiger partial charge is 0.493 e. The molecule has 0 radical (unpaired) electrons. The number of methoxy groups -OCH3 is 1. The number of ether oxygens (including phenoxy) is 2. The van der Waals surface area contributed by atoms with Crippen molar-refractivity contribution in [2.24, 2.45) is 0 Å². The molecule has 0 spiro atoms. The van der Waals surface area contributed by atoms with E-state index in [1.807, 2.05) is 6.07 Å². The van der Waals surface area contributed by atoms with Crippen molar-refractivity contribution in [1.29, 1.82) is 5.26 Å². The number of nitriles is 1. The second kappa shape index (κ2) is 10.2. The highest BCUT2D eigenvalue weighted by Crippen LogP contribution is 2.29. The minimum Gasteiger partial charge on any atom is -0.493 e. The van der Waals surface area contributed by atoms with Crippen molar-refractivity contribution in [2.45, 2.75) is 26.0 Å². The Kier molecular flexibility index (Phi) is 7.43. The van der Waals surface area contributed by atoms with Gasteiger partial charge in [0.1, 0.15) is 10.7 Å². The molecule has 0 aliphatic carbocycles. The SMILES string of the molecule is C=CCn1c(=O)/c(=C\c2ccc(OC(F)F)c(OC)c2)s/c1=C(/C#N)C(=O)N1CCCC1. The lowest BCUT2D eigenvalue weighted by Crippen LogP contribution is -2.35. The molecule has 3 rings (SSSR count). The van der Waals surface area contributed by atoms with E-state index in [1.54, 1.807) is 11.0 Å². The van der Waals surface area contributed by atoms with Crippen LogP contribution < -0.4 is 24.2 Å². The van der Waals surface area contributed by atoms with Crippen LogP contribution in [0.15, 0.2) is 35.6 Å². The van der Waals surface area contributed by atoms with Gasteiger partial charge in [-0.25, -0.2) is 0 Å². The van der Waals surface area contributed by atoms with Crippen LogP contribution in [0.4, 0.5) is 8.78 Å². The van der Waals surface area contributed by atoms with E-state index in [-0.39, 0.29) is 32.8 Å². The van der Waals surface area contributed by atoms with Crippen LogP contribution in [0.5, 0.6) is 11.5 Å². The summed E-state index contributed by atoms with van der Waals surface area (Å²) in [5, 5.41) is 9.69. The topological polar surface area (TPSA) is 84.6 Å². The number of likely N-dealkylation sites (tertiary alicyclic amines) is 1. The van der Waals surface area contributed by atoms with Gasteiger partial charge in [0, 0.05) is 19.6 Å². The van der Waals surface area contributed by atoms with E-state index in [0.29, 0.717) is 18.7 Å². The molecule has 0 N–H and O–H groups in total. The van der Waals surface area contributed by atoms with Crippen molar-refractivity contribution in [1.82, 2.24) is 9.47 Å². The zero-order valence-electron chi connectivity index (χ0n) is 17.3. The van der Waals surface area contributed by atoms with Crippen molar-refractivity contribution < 1.29 is 23.0 Å². The number of rotatable bonds is 7. The first-order valence-electron chi connectivity index (χ1n) is 9.78. The number of allylic oxidation sites excluding steroid dienone is 1. The molecule has 1 aromatic carbocycles. The summed E-state index contributed by atoms with van der Waals surface area (Å²) in [5.74, 6) is -0.451. The second-order valence-electron chi connectivity index (χ2n) is 6.90. The average molecular weight is 461 g/mol. The van der Waals surface area contributed by atoms with E-state index < -0.39 is 18.1 Å². The molecule has 7 nitrogen and oxygen atoms in total. The molecule has 1 aromatic heterocycles. The van der Waals surface area contributed by atoms with Crippen LogP contribution >= 0.6 is 11.3 Å². The van der Waals surface area contributed by atoms with Gasteiger partial charge < -0.3 is 14.4 Å². The zero-order chi connectivity index (χ0) is 23.3. The Morgan fingerprint density at radius 2 is 2.06 bits per heavy atom. The maximum absolute atomic E-state index is 13.0. The Morgan fingerprint density at radius 3 is 2.66 bits per heavy atom. The van der Waals surface area contributed by atoms with Crippen molar-refractivity contribution in [3.63, 3.8) is 0 Å². The molecule has 0 unspecified atom stereocenters. The fraction of sp³-hybridized carbons (Fsp3) is 0.318. The molecule has 32 heavy (non-hydrogen) atoms. The van der Waals surface area contributed by atoms with E-state index in [4.69, 9.17) is 4.74 Å². The molecular formula is C22H21F2N3O4S. The summed E-state index contributed by atoms with van der Waals surface area (Å²) in [6, 6.07) is 6.24. The van der Waals surface area contributed by atoms with Crippen molar-refractivity contribution in [2.75, 3.05) is 20.2 Å². The van der Waals surface area contributed by atoms with Crippen LogP contribution in [0, 0.1) is 11.3 Å². The molecule has 1 aliphatic heterocycles. The lowest BCUT2D eigenvalue weighted by molar-refractivity contribution is -0.123. The molecule has 1 fully saturated rings. The quantitative estimate of drug-likeness (QED) is 0.588. The summed E-state index contributed by atoms with van der Waals surface area (Å²) in [5.41, 5.74) is 0.0241. The number of halogens is 2. The maximum atomic E-state index is 13.0. The van der Waals surface area contributed by atoms with Gasteiger partial charge >= 0.3 is 6.61 Å². The van der Waals surface area contributed by atoms with E-state index in [1.165, 1.54) is 36.0 Å². The Balaban J connectivity index is 2.16. The fourth-order valence-corrected chi connectivity index (χ4v) is 4.49. The standard InChI is InChI=1S/C22H21F2N3O4S/c1-3-8-27-20(29)18(12-14-6-7-16(31-22(23)24)17(11-14)30-2)32-21(27)15(13-25)19(28)26-9-4-5-10-26/h3,6-7,11-12,22H,1,4-5,8-10H2,2H3/b18-12+,21-15-. The lowest BCUT2D eigenvalue weighted by Gasteiger charge is -2.13. The third kappa shape index (κ3) is 4.89. The van der Waals surface area contributed by atoms with Crippen LogP contribution in [-0.4, -0.2) is 42.2 Å². The Bertz CT molecular complexity index is 1240. The van der Waals surface area contributed by atoms with Crippen LogP contribution in [0.25, 0.3) is 11.6 Å². The number of carbonyl (C=O) groups excluding carboxylic acids is 1. The summed E-state index contributed by atoms with van der Waals surface area (Å²) >= 11 is 1.02. The zero-order valence-corrected chi connectivity index (χ0v) is 18.2. The minimum absolute atomic E-state index is 0.0794. The first kappa shape index (κ1) is 23.2. The molecule has 0 bridgehead atoms. The summed E-state index contributed by atoms with van der Waals surface area (Å²) in [7, 11) is 1.32. The number of hydrogen-bond acceptors (Lipinski definition) is 6. The number of aromatic nitrogens is 1. The number of alkyl halides is 2. The Labute approximate surface area is 186 Å². The van der Waals surface area contributed by atoms with Crippen molar-refractivity contribution in [3.8, 4) is 17.6 Å². The van der Waals surface area contributed by atoms with E-state index in [0.717, 1.165) is 24.2 Å². The molecule has 2 aromatic rings. The van der Waals surface area contributed by atoms with Crippen LogP contribution in [-0.2, 0) is 11.3 Å². The Morgan fingerprint density at radius 1 is 1.34 bits per heavy atom. The molecule has 0 atom stereocenters. The maximum Gasteiger partial charge on any atom is 0.387 e. The predicted octanol–water partition coefficient (Wildman–Crippen LogP) is 1.83. The van der Waals surface area contributed by atoms with Crippen molar-refractivity contribution >= 4 is 28.9 Å². The first-order valence-corrected chi connectivity index (χ1v) is 10.6. The summed E-state index contributed by atoms with van der Waals surface area (Å²) in [6.45, 7) is 1.93. The summed E-state index contributed by atoms with van der Waals surface area (Å²) in [4.78, 5) is 27.5. The third-order valence-electron chi connectivity index (χ3n) is 4.85. The lowest BCUT2D eigenvalue weighted by atomic mass is 10.2. The third-order valence-corrected chi connectivity index (χ3v) is 5.98. The smallest absolute Gasteiger partial charge is 0.387 e. The van der Waals surface area contributed by atoms with Gasteiger partial charge in [-0.15, -0.1) is 17.9 Å². The van der Waals surface area contributed by atoms with Crippen molar-refractivity contribution in [3.05, 3.63) is 56.0 Å². The number of benzene rings is 1. The van der Waals surface area contributed by atoms with Crippen LogP contribution in [0.1, 0.15) is 18.4 Å². The van der Waals surface area contributed by atoms with Gasteiger partial charge in [0.05, 0.1) is 11.6 Å². The van der Waals surface area contributed by atoms with E-state index in [9.17, 15) is 23.6 Å². The molecule has 2 heterocycles. The number of nitrogens with zero attached hydrogens (tertiary/aromatic N) is 3. The number of amides is 1. The van der Waals surface area contributed by atoms with Crippen LogP contribution in [0.2, 0.25) is 0 Å². The van der Waals surface area contributed by atoms with Gasteiger partial charge in [-0.2, -0.15) is 14.0 Å². The predicted molar refractivity (Wildman–Crippen MR) is 116 cm³/mol. The van der Waals surface area contributed by atoms with E-state index in [2.05, 4.69) is 11.3 Å². The van der Waals surface area contributed by atoms with Gasteiger partial charge in [-0.05, 0) is 36.6 Å². The summed E-state index contributed by atoms with van der Waals surface area (Å²) < 4.78 is 36.5.